The molecule has 2 saturated heterocycles. The topological polar surface area (TPSA) is 88.1 Å². The molecular weight excluding hydrogens is 584 g/mol. The summed E-state index contributed by atoms with van der Waals surface area (Å²) in [7, 11) is 0. The first kappa shape index (κ1) is 32.2. The second kappa shape index (κ2) is 14.7. The summed E-state index contributed by atoms with van der Waals surface area (Å²) in [6, 6.07) is 14.9. The lowest BCUT2D eigenvalue weighted by Gasteiger charge is -2.39. The van der Waals surface area contributed by atoms with Gasteiger partial charge in [-0.3, -0.25) is 9.69 Å². The molecule has 2 aliphatic heterocycles. The van der Waals surface area contributed by atoms with Crippen LogP contribution in [0.15, 0.2) is 54.6 Å². The van der Waals surface area contributed by atoms with E-state index < -0.39 is 11.9 Å². The SMILES string of the molecule is CCOc1cccc(F)c1CN1CCN(C(=O)[C@H](N)C2CCN(CCc3cc(Cl)ccc3-c3cccc(N)c3F)CC2)CC1. The molecule has 1 atom stereocenters. The molecule has 0 unspecified atom stereocenters. The highest BCUT2D eigenvalue weighted by molar-refractivity contribution is 6.30. The van der Waals surface area contributed by atoms with Gasteiger partial charge in [0.05, 0.1) is 18.3 Å². The van der Waals surface area contributed by atoms with E-state index in [4.69, 9.17) is 27.8 Å². The van der Waals surface area contributed by atoms with Crippen LogP contribution < -0.4 is 16.2 Å². The van der Waals surface area contributed by atoms with Gasteiger partial charge in [-0.15, -0.1) is 0 Å². The van der Waals surface area contributed by atoms with Gasteiger partial charge in [0, 0.05) is 55.4 Å². The number of rotatable bonds is 10. The summed E-state index contributed by atoms with van der Waals surface area (Å²) in [5, 5.41) is 0.611. The van der Waals surface area contributed by atoms with E-state index >= 15 is 0 Å². The van der Waals surface area contributed by atoms with E-state index in [9.17, 15) is 13.6 Å². The molecule has 7 nitrogen and oxygen atoms in total. The molecule has 1 amide bonds. The van der Waals surface area contributed by atoms with Gasteiger partial charge in [-0.1, -0.05) is 35.9 Å². The van der Waals surface area contributed by atoms with Crippen molar-refractivity contribution in [2.45, 2.75) is 38.8 Å². The summed E-state index contributed by atoms with van der Waals surface area (Å²) >= 11 is 6.31. The summed E-state index contributed by atoms with van der Waals surface area (Å²) in [5.41, 5.74) is 15.3. The van der Waals surface area contributed by atoms with E-state index in [1.807, 2.05) is 24.0 Å². The number of halogens is 3. The van der Waals surface area contributed by atoms with Crippen molar-refractivity contribution in [2.24, 2.45) is 11.7 Å². The van der Waals surface area contributed by atoms with E-state index in [1.165, 1.54) is 6.07 Å². The Labute approximate surface area is 263 Å². The summed E-state index contributed by atoms with van der Waals surface area (Å²) in [5.74, 6) is -0.00434. The first-order valence-corrected chi connectivity index (χ1v) is 15.8. The van der Waals surface area contributed by atoms with E-state index in [0.717, 1.165) is 43.6 Å². The van der Waals surface area contributed by atoms with Crippen molar-refractivity contribution in [2.75, 3.05) is 58.2 Å². The van der Waals surface area contributed by atoms with Crippen LogP contribution in [0.3, 0.4) is 0 Å². The zero-order chi connectivity index (χ0) is 31.2. The molecule has 3 aromatic carbocycles. The highest BCUT2D eigenvalue weighted by Gasteiger charge is 2.33. The van der Waals surface area contributed by atoms with Crippen molar-refractivity contribution < 1.29 is 18.3 Å². The number of piperidine rings is 1. The Morgan fingerprint density at radius 3 is 2.43 bits per heavy atom. The maximum Gasteiger partial charge on any atom is 0.239 e. The molecule has 0 saturated carbocycles. The minimum atomic E-state index is -0.536. The highest BCUT2D eigenvalue weighted by atomic mass is 35.5. The predicted octanol–water partition coefficient (Wildman–Crippen LogP) is 5.19. The Kier molecular flexibility index (Phi) is 10.7. The molecular formula is C34H42ClF2N5O2. The molecule has 0 bridgehead atoms. The lowest BCUT2D eigenvalue weighted by Crippen LogP contribution is -2.55. The van der Waals surface area contributed by atoms with E-state index in [-0.39, 0.29) is 23.3 Å². The molecule has 0 spiro atoms. The van der Waals surface area contributed by atoms with Crippen molar-refractivity contribution in [3.63, 3.8) is 0 Å². The van der Waals surface area contributed by atoms with Crippen LogP contribution in [0.25, 0.3) is 11.1 Å². The van der Waals surface area contributed by atoms with Crippen LogP contribution >= 0.6 is 11.6 Å². The van der Waals surface area contributed by atoms with Gasteiger partial charge in [0.15, 0.2) is 5.82 Å². The Morgan fingerprint density at radius 1 is 0.977 bits per heavy atom. The van der Waals surface area contributed by atoms with Gasteiger partial charge in [0.25, 0.3) is 0 Å². The number of nitrogens with two attached hydrogens (primary N) is 2. The van der Waals surface area contributed by atoms with Gasteiger partial charge in [-0.2, -0.15) is 0 Å². The molecule has 2 fully saturated rings. The van der Waals surface area contributed by atoms with Crippen LogP contribution in [-0.2, 0) is 17.8 Å². The van der Waals surface area contributed by atoms with Crippen molar-refractivity contribution in [1.29, 1.82) is 0 Å². The Morgan fingerprint density at radius 2 is 1.70 bits per heavy atom. The van der Waals surface area contributed by atoms with Crippen molar-refractivity contribution in [3.8, 4) is 16.9 Å². The molecule has 5 rings (SSSR count). The normalized spacial score (nSPS) is 17.5. The molecule has 3 aromatic rings. The molecule has 0 radical (unpaired) electrons. The van der Waals surface area contributed by atoms with Crippen LogP contribution in [0.2, 0.25) is 5.02 Å². The lowest BCUT2D eigenvalue weighted by atomic mass is 9.88. The average Bonchev–Trinajstić information content (AvgIpc) is 3.03. The molecule has 0 aliphatic carbocycles. The van der Waals surface area contributed by atoms with Gasteiger partial charge in [-0.25, -0.2) is 8.78 Å². The quantitative estimate of drug-likeness (QED) is 0.302. The fraction of sp³-hybridized carbons (Fsp3) is 0.441. The standard InChI is InChI=1S/C34H42ClF2N5O2/c1-2-44-31-8-4-6-29(36)28(31)22-41-17-19-42(20-18-41)34(43)33(39)23-11-14-40(15-12-23)16-13-24-21-25(35)9-10-26(24)27-5-3-7-30(38)32(27)37/h3-10,21,23,33H,2,11-20,22,38-39H2,1H3/t33-/m1/s1. The van der Waals surface area contributed by atoms with Crippen molar-refractivity contribution in [3.05, 3.63) is 82.4 Å². The third-order valence-electron chi connectivity index (χ3n) is 8.95. The first-order valence-electron chi connectivity index (χ1n) is 15.5. The second-order valence-electron chi connectivity index (χ2n) is 11.7. The summed E-state index contributed by atoms with van der Waals surface area (Å²) in [6.45, 7) is 7.72. The molecule has 10 heteroatoms. The monoisotopic (exact) mass is 625 g/mol. The fourth-order valence-electron chi connectivity index (χ4n) is 6.35. The number of carbonyl (C=O) groups is 1. The van der Waals surface area contributed by atoms with Crippen LogP contribution in [-0.4, -0.2) is 79.1 Å². The number of benzene rings is 3. The maximum absolute atomic E-state index is 14.8. The number of hydrogen-bond acceptors (Lipinski definition) is 6. The maximum atomic E-state index is 14.8. The summed E-state index contributed by atoms with van der Waals surface area (Å²) in [4.78, 5) is 19.7. The van der Waals surface area contributed by atoms with Gasteiger partial charge in [0.2, 0.25) is 5.91 Å². The van der Waals surface area contributed by atoms with Gasteiger partial charge in [-0.05, 0) is 86.7 Å². The predicted molar refractivity (Wildman–Crippen MR) is 172 cm³/mol. The average molecular weight is 626 g/mol. The largest absolute Gasteiger partial charge is 0.493 e. The van der Waals surface area contributed by atoms with Crippen LogP contribution in [0.1, 0.15) is 30.9 Å². The minimum absolute atomic E-state index is 0.00303. The van der Waals surface area contributed by atoms with Crippen LogP contribution in [0.5, 0.6) is 5.75 Å². The molecule has 4 N–H and O–H groups in total. The number of ether oxygens (including phenoxy) is 1. The van der Waals surface area contributed by atoms with E-state index in [2.05, 4.69) is 9.80 Å². The number of anilines is 1. The molecule has 2 heterocycles. The number of piperazine rings is 1. The van der Waals surface area contributed by atoms with Gasteiger partial charge < -0.3 is 26.0 Å². The van der Waals surface area contributed by atoms with Crippen LogP contribution in [0, 0.1) is 17.6 Å². The molecule has 2 aliphatic rings. The number of nitrogen functional groups attached to an aromatic ring is 1. The van der Waals surface area contributed by atoms with Crippen LogP contribution in [0.4, 0.5) is 14.5 Å². The zero-order valence-corrected chi connectivity index (χ0v) is 26.0. The number of amides is 1. The Balaban J connectivity index is 1.10. The lowest BCUT2D eigenvalue weighted by molar-refractivity contribution is -0.136. The molecule has 0 aromatic heterocycles. The zero-order valence-electron chi connectivity index (χ0n) is 25.3. The Hall–Kier alpha value is -3.24. The number of carbonyl (C=O) groups excluding carboxylic acids is 1. The Bertz CT molecular complexity index is 1440. The number of likely N-dealkylation sites (tertiary alicyclic amines) is 1. The third kappa shape index (κ3) is 7.51. The fourth-order valence-corrected chi connectivity index (χ4v) is 6.54. The van der Waals surface area contributed by atoms with Crippen molar-refractivity contribution >= 4 is 23.2 Å². The molecule has 44 heavy (non-hydrogen) atoms. The number of nitrogens with zero attached hydrogens (tertiary/aromatic N) is 3. The van der Waals surface area contributed by atoms with E-state index in [0.29, 0.717) is 67.7 Å². The first-order chi connectivity index (χ1) is 21.2. The summed E-state index contributed by atoms with van der Waals surface area (Å²) in [6.07, 6.45) is 2.39. The smallest absolute Gasteiger partial charge is 0.239 e. The van der Waals surface area contributed by atoms with Gasteiger partial charge >= 0.3 is 0 Å². The number of hydrogen-bond donors (Lipinski definition) is 2. The molecule has 236 valence electrons. The second-order valence-corrected chi connectivity index (χ2v) is 12.2. The third-order valence-corrected chi connectivity index (χ3v) is 9.19. The van der Waals surface area contributed by atoms with Gasteiger partial charge in [0.1, 0.15) is 11.6 Å². The van der Waals surface area contributed by atoms with E-state index in [1.54, 1.807) is 36.4 Å². The highest BCUT2D eigenvalue weighted by Crippen LogP contribution is 2.32. The van der Waals surface area contributed by atoms with Crippen molar-refractivity contribution in [1.82, 2.24) is 14.7 Å². The minimum Gasteiger partial charge on any atom is -0.493 e. The summed E-state index contributed by atoms with van der Waals surface area (Å²) < 4.78 is 35.0.